The zero-order chi connectivity index (χ0) is 17.2. The van der Waals surface area contributed by atoms with Crippen LogP contribution in [0.1, 0.15) is 18.7 Å². The van der Waals surface area contributed by atoms with Gasteiger partial charge in [-0.15, -0.1) is 0 Å². The van der Waals surface area contributed by atoms with Crippen LogP contribution in [-0.2, 0) is 4.79 Å². The normalized spacial score (nSPS) is 17.6. The van der Waals surface area contributed by atoms with Crippen molar-refractivity contribution in [2.45, 2.75) is 19.8 Å². The van der Waals surface area contributed by atoms with Crippen molar-refractivity contribution in [3.8, 4) is 0 Å². The number of carbonyl (C=O) groups excluding carboxylic acids is 1. The van der Waals surface area contributed by atoms with E-state index in [1.165, 1.54) is 0 Å². The Morgan fingerprint density at radius 2 is 2.28 bits per heavy atom. The van der Waals surface area contributed by atoms with Gasteiger partial charge in [0.1, 0.15) is 11.3 Å². The number of hydrogen-bond donors (Lipinski definition) is 1. The molecule has 1 saturated heterocycles. The molecule has 1 aliphatic heterocycles. The lowest BCUT2D eigenvalue weighted by Crippen LogP contribution is -2.41. The highest BCUT2D eigenvalue weighted by molar-refractivity contribution is 5.94. The maximum absolute atomic E-state index is 12.7. The lowest BCUT2D eigenvalue weighted by Gasteiger charge is -2.32. The Morgan fingerprint density at radius 1 is 1.36 bits per heavy atom. The van der Waals surface area contributed by atoms with Crippen molar-refractivity contribution in [3.05, 3.63) is 42.7 Å². The number of piperidine rings is 1. The van der Waals surface area contributed by atoms with E-state index in [1.807, 2.05) is 18.2 Å². The molecule has 0 spiro atoms. The molecule has 0 saturated carbocycles. The average molecular weight is 337 g/mol. The molecular formula is C18H19N5O2. The molecule has 1 aliphatic rings. The standard InChI is InChI=1S/C18H19N5O2/c1-12-21-15-9-14(4-5-16(15)25-12)22-18(24)13-3-2-8-23(11-13)17-10-19-6-7-20-17/h4-7,9-10,13H,2-3,8,11H2,1H3,(H,22,24). The van der Waals surface area contributed by atoms with E-state index in [4.69, 9.17) is 4.42 Å². The molecule has 25 heavy (non-hydrogen) atoms. The predicted molar refractivity (Wildman–Crippen MR) is 94.3 cm³/mol. The van der Waals surface area contributed by atoms with Gasteiger partial charge >= 0.3 is 0 Å². The van der Waals surface area contributed by atoms with Crippen LogP contribution in [-0.4, -0.2) is 33.9 Å². The molecule has 1 aromatic carbocycles. The number of fused-ring (bicyclic) bond motifs is 1. The van der Waals surface area contributed by atoms with E-state index in [0.717, 1.165) is 42.0 Å². The third-order valence-electron chi connectivity index (χ3n) is 4.43. The van der Waals surface area contributed by atoms with E-state index in [-0.39, 0.29) is 11.8 Å². The fraction of sp³-hybridized carbons (Fsp3) is 0.333. The first-order valence-corrected chi connectivity index (χ1v) is 8.38. The topological polar surface area (TPSA) is 84.2 Å². The van der Waals surface area contributed by atoms with Gasteiger partial charge in [0.25, 0.3) is 0 Å². The maximum Gasteiger partial charge on any atom is 0.229 e. The Labute approximate surface area is 145 Å². The summed E-state index contributed by atoms with van der Waals surface area (Å²) in [6.45, 7) is 3.35. The molecule has 0 aliphatic carbocycles. The number of oxazole rings is 1. The largest absolute Gasteiger partial charge is 0.441 e. The molecule has 0 radical (unpaired) electrons. The SMILES string of the molecule is Cc1nc2cc(NC(=O)C3CCCN(c4cnccn4)C3)ccc2o1. The van der Waals surface area contributed by atoms with Gasteiger partial charge < -0.3 is 14.6 Å². The number of aromatic nitrogens is 3. The van der Waals surface area contributed by atoms with Gasteiger partial charge in [0, 0.05) is 38.1 Å². The molecule has 1 fully saturated rings. The summed E-state index contributed by atoms with van der Waals surface area (Å²) >= 11 is 0. The molecule has 128 valence electrons. The minimum absolute atomic E-state index is 0.0214. The lowest BCUT2D eigenvalue weighted by molar-refractivity contribution is -0.120. The minimum Gasteiger partial charge on any atom is -0.441 e. The van der Waals surface area contributed by atoms with Gasteiger partial charge in [-0.3, -0.25) is 9.78 Å². The number of rotatable bonds is 3. The van der Waals surface area contributed by atoms with E-state index >= 15 is 0 Å². The zero-order valence-corrected chi connectivity index (χ0v) is 14.0. The molecule has 7 heteroatoms. The first-order valence-electron chi connectivity index (χ1n) is 8.38. The first kappa shape index (κ1) is 15.6. The van der Waals surface area contributed by atoms with Gasteiger partial charge in [-0.2, -0.15) is 0 Å². The number of nitrogens with zero attached hydrogens (tertiary/aromatic N) is 4. The van der Waals surface area contributed by atoms with Crippen molar-refractivity contribution in [1.82, 2.24) is 15.0 Å². The highest BCUT2D eigenvalue weighted by atomic mass is 16.3. The lowest BCUT2D eigenvalue weighted by atomic mass is 9.97. The third-order valence-corrected chi connectivity index (χ3v) is 4.43. The van der Waals surface area contributed by atoms with Gasteiger partial charge in [0.2, 0.25) is 5.91 Å². The van der Waals surface area contributed by atoms with Crippen LogP contribution < -0.4 is 10.2 Å². The summed E-state index contributed by atoms with van der Waals surface area (Å²) in [5.41, 5.74) is 2.21. The van der Waals surface area contributed by atoms with Crippen molar-refractivity contribution >= 4 is 28.5 Å². The number of hydrogen-bond acceptors (Lipinski definition) is 6. The van der Waals surface area contributed by atoms with Gasteiger partial charge in [-0.05, 0) is 31.0 Å². The summed E-state index contributed by atoms with van der Waals surface area (Å²) in [4.78, 5) is 27.5. The fourth-order valence-electron chi connectivity index (χ4n) is 3.22. The van der Waals surface area contributed by atoms with Crippen LogP contribution >= 0.6 is 0 Å². The Kier molecular flexibility index (Phi) is 4.05. The van der Waals surface area contributed by atoms with Crippen LogP contribution in [0.2, 0.25) is 0 Å². The number of amides is 1. The second kappa shape index (κ2) is 6.51. The molecule has 4 rings (SSSR count). The maximum atomic E-state index is 12.7. The molecular weight excluding hydrogens is 318 g/mol. The van der Waals surface area contributed by atoms with Crippen molar-refractivity contribution in [1.29, 1.82) is 0 Å². The summed E-state index contributed by atoms with van der Waals surface area (Å²) in [5.74, 6) is 1.38. The number of benzene rings is 1. The number of aryl methyl sites for hydroxylation is 1. The molecule has 1 atom stereocenters. The molecule has 3 heterocycles. The summed E-state index contributed by atoms with van der Waals surface area (Å²) in [6.07, 6.45) is 6.89. The summed E-state index contributed by atoms with van der Waals surface area (Å²) < 4.78 is 5.46. The van der Waals surface area contributed by atoms with Crippen molar-refractivity contribution in [2.24, 2.45) is 5.92 Å². The Hall–Kier alpha value is -2.96. The number of anilines is 2. The third kappa shape index (κ3) is 3.31. The monoisotopic (exact) mass is 337 g/mol. The number of carbonyl (C=O) groups is 1. The first-order chi connectivity index (χ1) is 12.2. The van der Waals surface area contributed by atoms with Crippen molar-refractivity contribution in [3.63, 3.8) is 0 Å². The van der Waals surface area contributed by atoms with Crippen LogP contribution in [0.15, 0.2) is 41.2 Å². The van der Waals surface area contributed by atoms with Crippen LogP contribution in [0.25, 0.3) is 11.1 Å². The van der Waals surface area contributed by atoms with Crippen LogP contribution in [0, 0.1) is 12.8 Å². The van der Waals surface area contributed by atoms with Crippen LogP contribution in [0.5, 0.6) is 0 Å². The van der Waals surface area contributed by atoms with Crippen molar-refractivity contribution < 1.29 is 9.21 Å². The van der Waals surface area contributed by atoms with Crippen molar-refractivity contribution in [2.75, 3.05) is 23.3 Å². The Morgan fingerprint density at radius 3 is 3.12 bits per heavy atom. The highest BCUT2D eigenvalue weighted by Crippen LogP contribution is 2.24. The second-order valence-electron chi connectivity index (χ2n) is 6.25. The fourth-order valence-corrected chi connectivity index (χ4v) is 3.22. The molecule has 3 aromatic rings. The highest BCUT2D eigenvalue weighted by Gasteiger charge is 2.26. The van der Waals surface area contributed by atoms with Crippen LogP contribution in [0.4, 0.5) is 11.5 Å². The van der Waals surface area contributed by atoms with E-state index in [2.05, 4.69) is 25.2 Å². The second-order valence-corrected chi connectivity index (χ2v) is 6.25. The van der Waals surface area contributed by atoms with Gasteiger partial charge in [-0.1, -0.05) is 0 Å². The minimum atomic E-state index is -0.0782. The Bertz CT molecular complexity index is 893. The summed E-state index contributed by atoms with van der Waals surface area (Å²) in [6, 6.07) is 5.51. The molecule has 1 N–H and O–H groups in total. The van der Waals surface area contributed by atoms with E-state index in [1.54, 1.807) is 25.5 Å². The quantitative estimate of drug-likeness (QED) is 0.791. The molecule has 0 bridgehead atoms. The van der Waals surface area contributed by atoms with E-state index in [0.29, 0.717) is 12.4 Å². The molecule has 1 unspecified atom stereocenters. The van der Waals surface area contributed by atoms with Gasteiger partial charge in [0.05, 0.1) is 12.1 Å². The summed E-state index contributed by atoms with van der Waals surface area (Å²) in [5, 5.41) is 3.00. The van der Waals surface area contributed by atoms with Gasteiger partial charge in [0.15, 0.2) is 11.5 Å². The van der Waals surface area contributed by atoms with Crippen LogP contribution in [0.3, 0.4) is 0 Å². The average Bonchev–Trinajstić information content (AvgIpc) is 3.02. The number of nitrogens with one attached hydrogen (secondary N) is 1. The molecule has 7 nitrogen and oxygen atoms in total. The predicted octanol–water partition coefficient (Wildman–Crippen LogP) is 2.78. The molecule has 1 amide bonds. The van der Waals surface area contributed by atoms with E-state index < -0.39 is 0 Å². The smallest absolute Gasteiger partial charge is 0.229 e. The summed E-state index contributed by atoms with van der Waals surface area (Å²) in [7, 11) is 0. The zero-order valence-electron chi connectivity index (χ0n) is 14.0. The molecule has 2 aromatic heterocycles. The van der Waals surface area contributed by atoms with E-state index in [9.17, 15) is 4.79 Å². The van der Waals surface area contributed by atoms with Gasteiger partial charge in [-0.25, -0.2) is 9.97 Å². The Balaban J connectivity index is 1.46.